The number of phenolic OH excluding ortho intramolecular Hbond substituents is 1. The number of hydrogen-bond donors (Lipinski definition) is 1. The van der Waals surface area contributed by atoms with Crippen LogP contribution in [0.5, 0.6) is 5.75 Å². The summed E-state index contributed by atoms with van der Waals surface area (Å²) < 4.78 is 0. The molecule has 0 aliphatic heterocycles. The van der Waals surface area contributed by atoms with E-state index in [0.29, 0.717) is 5.75 Å². The van der Waals surface area contributed by atoms with Crippen molar-refractivity contribution in [2.45, 2.75) is 64.7 Å². The Kier molecular flexibility index (Phi) is 4.33. The van der Waals surface area contributed by atoms with Gasteiger partial charge in [-0.3, -0.25) is 0 Å². The molecule has 0 amide bonds. The number of rotatable bonds is 0. The molecule has 0 bridgehead atoms. The topological polar surface area (TPSA) is 20.2 Å². The van der Waals surface area contributed by atoms with Gasteiger partial charge in [-0.25, -0.2) is 0 Å². The molecule has 3 rings (SSSR count). The van der Waals surface area contributed by atoms with Crippen LogP contribution < -0.4 is 0 Å². The fourth-order valence-electron chi connectivity index (χ4n) is 4.52. The molecule has 0 heterocycles. The first-order valence-electron chi connectivity index (χ1n) is 8.55. The van der Waals surface area contributed by atoms with Gasteiger partial charge in [-0.15, -0.1) is 0 Å². The summed E-state index contributed by atoms with van der Waals surface area (Å²) in [5.74, 6) is 3.12. The lowest BCUT2D eigenvalue weighted by atomic mass is 9.68. The van der Waals surface area contributed by atoms with E-state index < -0.39 is 0 Å². The van der Waals surface area contributed by atoms with Crippen molar-refractivity contribution in [2.75, 3.05) is 0 Å². The molecule has 3 atom stereocenters. The second-order valence-corrected chi connectivity index (χ2v) is 7.09. The lowest BCUT2D eigenvalue weighted by Gasteiger charge is -2.38. The van der Waals surface area contributed by atoms with Gasteiger partial charge in [-0.2, -0.15) is 0 Å². The normalized spacial score (nSPS) is 31.1. The van der Waals surface area contributed by atoms with Gasteiger partial charge in [0.05, 0.1) is 0 Å². The van der Waals surface area contributed by atoms with Crippen LogP contribution in [0.3, 0.4) is 0 Å². The van der Waals surface area contributed by atoms with Gasteiger partial charge in [0.25, 0.3) is 0 Å². The van der Waals surface area contributed by atoms with Crippen molar-refractivity contribution in [2.24, 2.45) is 17.8 Å². The quantitative estimate of drug-likeness (QED) is 0.696. The molecule has 1 saturated carbocycles. The molecule has 1 fully saturated rings. The van der Waals surface area contributed by atoms with Crippen molar-refractivity contribution in [1.82, 2.24) is 0 Å². The van der Waals surface area contributed by atoms with Crippen molar-refractivity contribution >= 4 is 0 Å². The Labute approximate surface area is 123 Å². The van der Waals surface area contributed by atoms with Gasteiger partial charge in [0.15, 0.2) is 0 Å². The molecule has 1 aromatic rings. The SMILES string of the molecule is CC1CCC[C@@H]2CCCCCc3cc(O)ccc3C[C@H]12. The highest BCUT2D eigenvalue weighted by Crippen LogP contribution is 2.41. The zero-order chi connectivity index (χ0) is 13.9. The van der Waals surface area contributed by atoms with Crippen LogP contribution in [0.1, 0.15) is 63.0 Å². The molecule has 1 N–H and O–H groups in total. The molecular formula is C19H28O. The number of benzene rings is 1. The average Bonchev–Trinajstić information content (AvgIpc) is 2.44. The van der Waals surface area contributed by atoms with E-state index in [9.17, 15) is 5.11 Å². The zero-order valence-corrected chi connectivity index (χ0v) is 12.8. The van der Waals surface area contributed by atoms with E-state index in [0.717, 1.165) is 24.2 Å². The Hall–Kier alpha value is -0.980. The largest absolute Gasteiger partial charge is 0.508 e. The first-order chi connectivity index (χ1) is 9.74. The first-order valence-corrected chi connectivity index (χ1v) is 8.55. The third kappa shape index (κ3) is 3.02. The zero-order valence-electron chi connectivity index (χ0n) is 12.8. The monoisotopic (exact) mass is 272 g/mol. The fraction of sp³-hybridized carbons (Fsp3) is 0.684. The van der Waals surface area contributed by atoms with Crippen LogP contribution in [0.25, 0.3) is 0 Å². The summed E-state index contributed by atoms with van der Waals surface area (Å²) in [5, 5.41) is 9.76. The minimum absolute atomic E-state index is 0.439. The highest BCUT2D eigenvalue weighted by molar-refractivity contribution is 5.35. The fourth-order valence-corrected chi connectivity index (χ4v) is 4.52. The van der Waals surface area contributed by atoms with Gasteiger partial charge in [0, 0.05) is 0 Å². The highest BCUT2D eigenvalue weighted by Gasteiger charge is 2.31. The van der Waals surface area contributed by atoms with E-state index in [1.165, 1.54) is 62.5 Å². The predicted molar refractivity (Wildman–Crippen MR) is 84.0 cm³/mol. The lowest BCUT2D eigenvalue weighted by Crippen LogP contribution is -2.29. The Balaban J connectivity index is 1.89. The summed E-state index contributed by atoms with van der Waals surface area (Å²) in [5.41, 5.74) is 2.91. The van der Waals surface area contributed by atoms with Gasteiger partial charge in [0.1, 0.15) is 5.75 Å². The molecule has 1 nitrogen and oxygen atoms in total. The van der Waals surface area contributed by atoms with Crippen LogP contribution in [0.2, 0.25) is 0 Å². The van der Waals surface area contributed by atoms with Gasteiger partial charge in [-0.05, 0) is 60.3 Å². The van der Waals surface area contributed by atoms with Crippen LogP contribution in [0.4, 0.5) is 0 Å². The van der Waals surface area contributed by atoms with Crippen LogP contribution in [0.15, 0.2) is 18.2 Å². The summed E-state index contributed by atoms with van der Waals surface area (Å²) >= 11 is 0. The number of fused-ring (bicyclic) bond motifs is 2. The maximum atomic E-state index is 9.76. The Bertz CT molecular complexity index is 451. The summed E-state index contributed by atoms with van der Waals surface area (Å²) in [7, 11) is 0. The van der Waals surface area contributed by atoms with Gasteiger partial charge < -0.3 is 5.11 Å². The van der Waals surface area contributed by atoms with E-state index in [2.05, 4.69) is 13.0 Å². The number of phenols is 1. The molecule has 0 radical (unpaired) electrons. The second-order valence-electron chi connectivity index (χ2n) is 7.09. The second kappa shape index (κ2) is 6.20. The van der Waals surface area contributed by atoms with Gasteiger partial charge in [-0.1, -0.05) is 51.5 Å². The van der Waals surface area contributed by atoms with E-state index in [-0.39, 0.29) is 0 Å². The van der Waals surface area contributed by atoms with Crippen LogP contribution in [-0.2, 0) is 12.8 Å². The van der Waals surface area contributed by atoms with Crippen LogP contribution >= 0.6 is 0 Å². The first kappa shape index (κ1) is 14.0. The van der Waals surface area contributed by atoms with E-state index >= 15 is 0 Å². The smallest absolute Gasteiger partial charge is 0.115 e. The van der Waals surface area contributed by atoms with E-state index in [4.69, 9.17) is 0 Å². The molecular weight excluding hydrogens is 244 g/mol. The maximum absolute atomic E-state index is 9.76. The maximum Gasteiger partial charge on any atom is 0.115 e. The molecule has 20 heavy (non-hydrogen) atoms. The summed E-state index contributed by atoms with van der Waals surface area (Å²) in [6, 6.07) is 6.08. The van der Waals surface area contributed by atoms with Crippen molar-refractivity contribution < 1.29 is 5.11 Å². The van der Waals surface area contributed by atoms with E-state index in [1.54, 1.807) is 0 Å². The number of aryl methyl sites for hydroxylation is 1. The minimum atomic E-state index is 0.439. The third-order valence-corrected chi connectivity index (χ3v) is 5.74. The molecule has 2 aliphatic carbocycles. The molecule has 1 aromatic carbocycles. The average molecular weight is 272 g/mol. The van der Waals surface area contributed by atoms with Crippen LogP contribution in [-0.4, -0.2) is 5.11 Å². The van der Waals surface area contributed by atoms with Crippen molar-refractivity contribution in [3.05, 3.63) is 29.3 Å². The minimum Gasteiger partial charge on any atom is -0.508 e. The molecule has 110 valence electrons. The standard InChI is InChI=1S/C19H28O/c1-14-6-5-9-15-7-3-2-4-8-16-12-18(20)11-10-17(16)13-19(14)15/h10-12,14-15,19-20H,2-9,13H2,1H3/t14?,15-,19+/m0/s1. The Morgan fingerprint density at radius 3 is 2.70 bits per heavy atom. The summed E-state index contributed by atoms with van der Waals surface area (Å²) in [6.45, 7) is 2.46. The highest BCUT2D eigenvalue weighted by atomic mass is 16.3. The summed E-state index contributed by atoms with van der Waals surface area (Å²) in [4.78, 5) is 0. The van der Waals surface area contributed by atoms with Gasteiger partial charge >= 0.3 is 0 Å². The third-order valence-electron chi connectivity index (χ3n) is 5.74. The molecule has 0 spiro atoms. The molecule has 1 heteroatoms. The molecule has 0 aromatic heterocycles. The van der Waals surface area contributed by atoms with Crippen molar-refractivity contribution in [3.8, 4) is 5.75 Å². The number of hydrogen-bond acceptors (Lipinski definition) is 1. The lowest BCUT2D eigenvalue weighted by molar-refractivity contribution is 0.151. The Morgan fingerprint density at radius 1 is 0.950 bits per heavy atom. The van der Waals surface area contributed by atoms with E-state index in [1.807, 2.05) is 12.1 Å². The van der Waals surface area contributed by atoms with Crippen molar-refractivity contribution in [1.29, 1.82) is 0 Å². The van der Waals surface area contributed by atoms with Gasteiger partial charge in [0.2, 0.25) is 0 Å². The molecule has 1 unspecified atom stereocenters. The predicted octanol–water partition coefficient (Wildman–Crippen LogP) is 5.10. The van der Waals surface area contributed by atoms with Crippen molar-refractivity contribution in [3.63, 3.8) is 0 Å². The Morgan fingerprint density at radius 2 is 1.80 bits per heavy atom. The summed E-state index contributed by atoms with van der Waals surface area (Å²) in [6.07, 6.45) is 12.2. The number of aromatic hydroxyl groups is 1. The molecule has 2 aliphatic rings. The van der Waals surface area contributed by atoms with Crippen LogP contribution in [0, 0.1) is 17.8 Å². The molecule has 0 saturated heterocycles.